The highest BCUT2D eigenvalue weighted by molar-refractivity contribution is 6.30. The minimum absolute atomic E-state index is 0.0603. The molecule has 3 heterocycles. The minimum atomic E-state index is 0.0603. The number of halogens is 1. The summed E-state index contributed by atoms with van der Waals surface area (Å²) in [5.74, 6) is 0.549. The maximum absolute atomic E-state index is 12.0. The summed E-state index contributed by atoms with van der Waals surface area (Å²) in [6, 6.07) is 1.88. The second kappa shape index (κ2) is 5.96. The fourth-order valence-corrected chi connectivity index (χ4v) is 3.18. The first-order chi connectivity index (χ1) is 10.9. The Balaban J connectivity index is 1.95. The molecule has 0 aliphatic carbocycles. The molecule has 0 saturated carbocycles. The van der Waals surface area contributed by atoms with Crippen molar-refractivity contribution >= 4 is 34.0 Å². The van der Waals surface area contributed by atoms with E-state index in [1.54, 1.807) is 19.0 Å². The summed E-state index contributed by atoms with van der Waals surface area (Å²) in [4.78, 5) is 24.7. The number of nitrogens with zero attached hydrogens (tertiary/aromatic N) is 4. The molecule has 1 aliphatic heterocycles. The number of fused-ring (bicyclic) bond motifs is 1. The Hall–Kier alpha value is -1.88. The number of hydrogen-bond donors (Lipinski definition) is 0. The number of anilines is 1. The van der Waals surface area contributed by atoms with Crippen LogP contribution in [0.15, 0.2) is 18.5 Å². The Labute approximate surface area is 141 Å². The van der Waals surface area contributed by atoms with E-state index in [1.165, 1.54) is 0 Å². The topological polar surface area (TPSA) is 49.3 Å². The molecule has 0 N–H and O–H groups in total. The molecule has 2 aromatic heterocycles. The van der Waals surface area contributed by atoms with Gasteiger partial charge in [0.15, 0.2) is 0 Å². The van der Waals surface area contributed by atoms with Gasteiger partial charge in [-0.1, -0.05) is 25.4 Å². The average Bonchev–Trinajstić information content (AvgIpc) is 2.44. The molecule has 0 bridgehead atoms. The molecule has 0 unspecified atom stereocenters. The monoisotopic (exact) mass is 332 g/mol. The number of carbonyl (C=O) groups is 1. The maximum Gasteiger partial charge on any atom is 0.228 e. The molecule has 0 atom stereocenters. The lowest BCUT2D eigenvalue weighted by atomic mass is 9.96. The summed E-state index contributed by atoms with van der Waals surface area (Å²) in [6.07, 6.45) is 3.70. The normalized spacial score (nSPS) is 15.1. The van der Waals surface area contributed by atoms with Crippen LogP contribution < -0.4 is 4.90 Å². The Morgan fingerprint density at radius 1 is 1.26 bits per heavy atom. The van der Waals surface area contributed by atoms with E-state index in [1.807, 2.05) is 18.5 Å². The number of aromatic nitrogens is 2. The van der Waals surface area contributed by atoms with Crippen LogP contribution in [0.3, 0.4) is 0 Å². The van der Waals surface area contributed by atoms with Crippen molar-refractivity contribution in [1.82, 2.24) is 14.9 Å². The Bertz CT molecular complexity index is 754. The van der Waals surface area contributed by atoms with E-state index >= 15 is 0 Å². The van der Waals surface area contributed by atoms with E-state index in [-0.39, 0.29) is 11.8 Å². The van der Waals surface area contributed by atoms with Gasteiger partial charge in [-0.15, -0.1) is 0 Å². The number of carbonyl (C=O) groups excluding carboxylic acids is 1. The summed E-state index contributed by atoms with van der Waals surface area (Å²) in [7, 11) is 3.59. The van der Waals surface area contributed by atoms with E-state index in [2.05, 4.69) is 28.7 Å². The zero-order chi connectivity index (χ0) is 16.7. The molecule has 2 aromatic rings. The predicted molar refractivity (Wildman–Crippen MR) is 93.0 cm³/mol. The van der Waals surface area contributed by atoms with Gasteiger partial charge in [0.2, 0.25) is 5.91 Å². The number of amides is 1. The van der Waals surface area contributed by atoms with Gasteiger partial charge in [-0.05, 0) is 12.0 Å². The molecule has 122 valence electrons. The number of hydrogen-bond acceptors (Lipinski definition) is 4. The van der Waals surface area contributed by atoms with Gasteiger partial charge in [0, 0.05) is 44.2 Å². The largest absolute Gasteiger partial charge is 0.368 e. The number of pyridine rings is 2. The van der Waals surface area contributed by atoms with E-state index in [4.69, 9.17) is 11.6 Å². The van der Waals surface area contributed by atoms with Crippen molar-refractivity contribution in [3.8, 4) is 0 Å². The van der Waals surface area contributed by atoms with Gasteiger partial charge >= 0.3 is 0 Å². The van der Waals surface area contributed by atoms with Gasteiger partial charge in [0.05, 0.1) is 23.5 Å². The van der Waals surface area contributed by atoms with E-state index in [0.717, 1.165) is 35.2 Å². The van der Waals surface area contributed by atoms with Gasteiger partial charge in [0.1, 0.15) is 5.15 Å². The lowest BCUT2D eigenvalue weighted by Gasteiger charge is -2.41. The van der Waals surface area contributed by atoms with E-state index in [0.29, 0.717) is 11.1 Å². The quantitative estimate of drug-likeness (QED) is 0.811. The van der Waals surface area contributed by atoms with Crippen LogP contribution in [0.5, 0.6) is 0 Å². The molecule has 5 nitrogen and oxygen atoms in total. The van der Waals surface area contributed by atoms with Crippen molar-refractivity contribution in [2.75, 3.05) is 32.1 Å². The third kappa shape index (κ3) is 2.85. The van der Waals surface area contributed by atoms with E-state index < -0.39 is 0 Å². The first-order valence-corrected chi connectivity index (χ1v) is 8.16. The first kappa shape index (κ1) is 16.0. The molecule has 23 heavy (non-hydrogen) atoms. The predicted octanol–water partition coefficient (Wildman–Crippen LogP) is 2.93. The van der Waals surface area contributed by atoms with Crippen LogP contribution in [0.25, 0.3) is 10.8 Å². The van der Waals surface area contributed by atoms with E-state index in [9.17, 15) is 4.79 Å². The van der Waals surface area contributed by atoms with Crippen LogP contribution >= 0.6 is 11.6 Å². The Morgan fingerprint density at radius 2 is 1.96 bits per heavy atom. The molecule has 0 radical (unpaired) electrons. The lowest BCUT2D eigenvalue weighted by molar-refractivity contribution is -0.133. The Morgan fingerprint density at radius 3 is 2.57 bits per heavy atom. The molecule has 1 amide bonds. The molecular weight excluding hydrogens is 312 g/mol. The highest BCUT2D eigenvalue weighted by atomic mass is 35.5. The maximum atomic E-state index is 12.0. The van der Waals surface area contributed by atoms with Gasteiger partial charge in [-0.25, -0.2) is 4.98 Å². The van der Waals surface area contributed by atoms with Crippen molar-refractivity contribution < 1.29 is 4.79 Å². The molecule has 1 aliphatic rings. The van der Waals surface area contributed by atoms with Crippen molar-refractivity contribution in [1.29, 1.82) is 0 Å². The van der Waals surface area contributed by atoms with Crippen LogP contribution in [-0.4, -0.2) is 48.0 Å². The average molecular weight is 333 g/mol. The van der Waals surface area contributed by atoms with Crippen LogP contribution in [0.1, 0.15) is 25.5 Å². The molecule has 6 heteroatoms. The third-order valence-electron chi connectivity index (χ3n) is 4.31. The molecule has 0 aromatic carbocycles. The van der Waals surface area contributed by atoms with Crippen molar-refractivity contribution in [2.45, 2.75) is 19.8 Å². The van der Waals surface area contributed by atoms with Gasteiger partial charge in [0.25, 0.3) is 0 Å². The third-order valence-corrected chi connectivity index (χ3v) is 4.51. The molecule has 1 fully saturated rings. The van der Waals surface area contributed by atoms with Crippen LogP contribution in [0, 0.1) is 5.92 Å². The Kier molecular flexibility index (Phi) is 4.15. The smallest absolute Gasteiger partial charge is 0.228 e. The lowest BCUT2D eigenvalue weighted by Crippen LogP contribution is -2.53. The summed E-state index contributed by atoms with van der Waals surface area (Å²) < 4.78 is 0. The van der Waals surface area contributed by atoms with Crippen molar-refractivity contribution in [3.05, 3.63) is 29.3 Å². The highest BCUT2D eigenvalue weighted by Gasteiger charge is 2.34. The van der Waals surface area contributed by atoms with Gasteiger partial charge < -0.3 is 9.80 Å². The zero-order valence-electron chi connectivity index (χ0n) is 13.9. The standard InChI is InChI=1S/C17H21ClN4O/c1-10(2)16-12-5-15(18)19-6-13(12)14(7-20-16)22-8-11(9-22)17(23)21(3)4/h5-7,10-11H,8-9H2,1-4H3. The first-order valence-electron chi connectivity index (χ1n) is 7.78. The summed E-state index contributed by atoms with van der Waals surface area (Å²) >= 11 is 6.07. The SMILES string of the molecule is CC(C)c1ncc(N2CC(C(=O)N(C)C)C2)c2cnc(Cl)cc12. The highest BCUT2D eigenvalue weighted by Crippen LogP contribution is 2.35. The van der Waals surface area contributed by atoms with Crippen LogP contribution in [-0.2, 0) is 4.79 Å². The zero-order valence-corrected chi connectivity index (χ0v) is 14.6. The summed E-state index contributed by atoms with van der Waals surface area (Å²) in [6.45, 7) is 5.67. The fraction of sp³-hybridized carbons (Fsp3) is 0.471. The second-order valence-corrected chi connectivity index (χ2v) is 6.96. The van der Waals surface area contributed by atoms with Crippen molar-refractivity contribution in [3.63, 3.8) is 0 Å². The molecule has 0 spiro atoms. The van der Waals surface area contributed by atoms with Crippen LogP contribution in [0.2, 0.25) is 5.15 Å². The second-order valence-electron chi connectivity index (χ2n) is 6.57. The van der Waals surface area contributed by atoms with Gasteiger partial charge in [-0.2, -0.15) is 0 Å². The summed E-state index contributed by atoms with van der Waals surface area (Å²) in [5.41, 5.74) is 2.05. The molecule has 3 rings (SSSR count). The fourth-order valence-electron chi connectivity index (χ4n) is 3.02. The summed E-state index contributed by atoms with van der Waals surface area (Å²) in [5, 5.41) is 2.56. The number of rotatable bonds is 3. The minimum Gasteiger partial charge on any atom is -0.368 e. The molecular formula is C17H21ClN4O. The van der Waals surface area contributed by atoms with Gasteiger partial charge in [-0.3, -0.25) is 9.78 Å². The molecule has 1 saturated heterocycles. The van der Waals surface area contributed by atoms with Crippen molar-refractivity contribution in [2.24, 2.45) is 5.92 Å². The van der Waals surface area contributed by atoms with Crippen LogP contribution in [0.4, 0.5) is 5.69 Å².